The van der Waals surface area contributed by atoms with E-state index in [-0.39, 0.29) is 21.3 Å². The van der Waals surface area contributed by atoms with Crippen molar-refractivity contribution < 1.29 is 12.8 Å². The van der Waals surface area contributed by atoms with Crippen LogP contribution in [0.1, 0.15) is 58.9 Å². The molecule has 7 nitrogen and oxygen atoms in total. The monoisotopic (exact) mass is 602 g/mol. The van der Waals surface area contributed by atoms with E-state index in [9.17, 15) is 8.42 Å². The number of sulfonamides is 1. The molecule has 1 aliphatic heterocycles. The average Bonchev–Trinajstić information content (AvgIpc) is 3.63. The minimum Gasteiger partial charge on any atom is -0.403 e. The molecule has 0 radical (unpaired) electrons. The second kappa shape index (κ2) is 12.1. The maximum Gasteiger partial charge on any atom is 0.264 e. The first kappa shape index (κ1) is 30.2. The van der Waals surface area contributed by atoms with Gasteiger partial charge in [0, 0.05) is 18.2 Å². The lowest BCUT2D eigenvalue weighted by molar-refractivity contribution is 0.286. The van der Waals surface area contributed by atoms with Crippen LogP contribution in [-0.2, 0) is 21.1 Å². The lowest BCUT2D eigenvalue weighted by Crippen LogP contribution is -2.66. The van der Waals surface area contributed by atoms with E-state index in [1.807, 2.05) is 37.4 Å². The number of benzene rings is 3. The highest BCUT2D eigenvalue weighted by atomic mass is 32.2. The minimum absolute atomic E-state index is 0.0344. The Labute approximate surface area is 251 Å². The van der Waals surface area contributed by atoms with Gasteiger partial charge in [0.2, 0.25) is 5.96 Å². The van der Waals surface area contributed by atoms with Crippen molar-refractivity contribution in [1.82, 2.24) is 9.73 Å². The van der Waals surface area contributed by atoms with Gasteiger partial charge < -0.3 is 4.43 Å². The molecular weight excluding hydrogens is 561 g/mol. The normalized spacial score (nSPS) is 17.2. The lowest BCUT2D eigenvalue weighted by atomic mass is 9.88. The van der Waals surface area contributed by atoms with Crippen molar-refractivity contribution in [3.63, 3.8) is 0 Å². The molecule has 0 unspecified atom stereocenters. The molecule has 9 heteroatoms. The maximum atomic E-state index is 13.4. The van der Waals surface area contributed by atoms with Crippen LogP contribution in [0.25, 0.3) is 0 Å². The van der Waals surface area contributed by atoms with Gasteiger partial charge in [0.05, 0.1) is 18.0 Å². The smallest absolute Gasteiger partial charge is 0.264 e. The van der Waals surface area contributed by atoms with Crippen molar-refractivity contribution in [2.24, 2.45) is 15.5 Å². The van der Waals surface area contributed by atoms with Gasteiger partial charge in [0.25, 0.3) is 18.3 Å². The number of rotatable bonds is 8. The Hall–Kier alpha value is -3.27. The Balaban J connectivity index is 1.35. The van der Waals surface area contributed by atoms with Crippen molar-refractivity contribution in [2.45, 2.75) is 69.9 Å². The number of guanidine groups is 1. The third-order valence-corrected chi connectivity index (χ3v) is 14.7. The van der Waals surface area contributed by atoms with Gasteiger partial charge in [-0.15, -0.1) is 0 Å². The summed E-state index contributed by atoms with van der Waals surface area (Å²) >= 11 is 0. The number of hydrogen-bond donors (Lipinski definition) is 1. The molecule has 1 N–H and O–H groups in total. The van der Waals surface area contributed by atoms with E-state index in [0.29, 0.717) is 19.7 Å². The molecule has 5 rings (SSSR count). The Morgan fingerprint density at radius 2 is 1.52 bits per heavy atom. The van der Waals surface area contributed by atoms with E-state index in [0.717, 1.165) is 18.4 Å². The summed E-state index contributed by atoms with van der Waals surface area (Å²) in [6.45, 7) is 10.1. The summed E-state index contributed by atoms with van der Waals surface area (Å²) in [6, 6.07) is 28.0. The van der Waals surface area contributed by atoms with Crippen molar-refractivity contribution in [1.29, 1.82) is 0 Å². The molecule has 0 atom stereocenters. The van der Waals surface area contributed by atoms with Crippen molar-refractivity contribution in [3.8, 4) is 0 Å². The Kier molecular flexibility index (Phi) is 8.73. The first-order chi connectivity index (χ1) is 20.1. The van der Waals surface area contributed by atoms with Crippen LogP contribution in [0, 0.1) is 5.41 Å². The highest BCUT2D eigenvalue weighted by molar-refractivity contribution is 7.90. The van der Waals surface area contributed by atoms with Crippen molar-refractivity contribution in [2.75, 3.05) is 13.1 Å². The summed E-state index contributed by atoms with van der Waals surface area (Å²) < 4.78 is 36.6. The molecule has 42 heavy (non-hydrogen) atoms. The van der Waals surface area contributed by atoms with Crippen LogP contribution in [0.3, 0.4) is 0 Å². The van der Waals surface area contributed by atoms with Crippen LogP contribution in [0.5, 0.6) is 0 Å². The fourth-order valence-corrected chi connectivity index (χ4v) is 11.8. The van der Waals surface area contributed by atoms with E-state index in [1.165, 1.54) is 23.2 Å². The average molecular weight is 603 g/mol. The fourth-order valence-electron chi connectivity index (χ4n) is 6.28. The zero-order chi connectivity index (χ0) is 29.8. The van der Waals surface area contributed by atoms with Gasteiger partial charge in [-0.1, -0.05) is 106 Å². The molecule has 0 aromatic heterocycles. The molecule has 2 aliphatic rings. The first-order valence-corrected chi connectivity index (χ1v) is 18.2. The molecule has 1 saturated carbocycles. The first-order valence-electron chi connectivity index (χ1n) is 14.8. The number of hydrogen-bond acceptors (Lipinski definition) is 5. The van der Waals surface area contributed by atoms with Crippen LogP contribution in [-0.4, -0.2) is 47.0 Å². The van der Waals surface area contributed by atoms with Crippen LogP contribution in [0.4, 0.5) is 0 Å². The van der Waals surface area contributed by atoms with Crippen LogP contribution >= 0.6 is 0 Å². The van der Waals surface area contributed by atoms with E-state index in [4.69, 9.17) is 4.43 Å². The van der Waals surface area contributed by atoms with E-state index in [1.54, 1.807) is 17.1 Å². The largest absolute Gasteiger partial charge is 0.403 e. The quantitative estimate of drug-likeness (QED) is 0.216. The Morgan fingerprint density at radius 3 is 2.05 bits per heavy atom. The summed E-state index contributed by atoms with van der Waals surface area (Å²) in [5, 5.41) is 8.51. The van der Waals surface area contributed by atoms with E-state index < -0.39 is 18.3 Å². The standard InChI is InChI=1S/C33H42N4O3SSi/c1-5-34-31(37-26-33(25-35-37)22-12-13-23-33)36-41(38,39)28-20-18-27(19-21-28)24-40-42(32(2,3)4,29-14-8-6-9-15-29)30-16-10-7-11-17-30/h6-11,14-21,25H,5,12-13,22-24,26H2,1-4H3,(H,34,36). The van der Waals surface area contributed by atoms with Gasteiger partial charge in [-0.25, -0.2) is 18.1 Å². The van der Waals surface area contributed by atoms with Crippen LogP contribution in [0.2, 0.25) is 5.04 Å². The fraction of sp³-hybridized carbons (Fsp3) is 0.394. The van der Waals surface area contributed by atoms with Gasteiger partial charge in [0.1, 0.15) is 0 Å². The van der Waals surface area contributed by atoms with E-state index in [2.05, 4.69) is 84.1 Å². The predicted molar refractivity (Wildman–Crippen MR) is 173 cm³/mol. The number of hydrazone groups is 1. The summed E-state index contributed by atoms with van der Waals surface area (Å²) in [5.41, 5.74) is 0.948. The van der Waals surface area contributed by atoms with Gasteiger partial charge >= 0.3 is 0 Å². The number of nitrogens with one attached hydrogen (secondary N) is 1. The SMILES string of the molecule is CCN=C(NS(=O)(=O)c1ccc(CO[Si](c2ccccc2)(c2ccccc2)C(C)(C)C)cc1)N1CC2(C=N1)CCCC2. The van der Waals surface area contributed by atoms with Crippen LogP contribution < -0.4 is 15.1 Å². The maximum absolute atomic E-state index is 13.4. The van der Waals surface area contributed by atoms with E-state index >= 15 is 0 Å². The third kappa shape index (κ3) is 6.09. The Bertz CT molecular complexity index is 1470. The highest BCUT2D eigenvalue weighted by Crippen LogP contribution is 2.40. The summed E-state index contributed by atoms with van der Waals surface area (Å²) in [5.74, 6) is 0.275. The molecule has 0 amide bonds. The highest BCUT2D eigenvalue weighted by Gasteiger charge is 2.50. The number of aliphatic imine (C=N–C) groups is 1. The van der Waals surface area contributed by atoms with Crippen molar-refractivity contribution >= 4 is 40.9 Å². The van der Waals surface area contributed by atoms with Crippen LogP contribution in [0.15, 0.2) is 99.9 Å². The van der Waals surface area contributed by atoms with Gasteiger partial charge in [-0.05, 0) is 52.9 Å². The summed E-state index contributed by atoms with van der Waals surface area (Å²) in [6.07, 6.45) is 6.50. The molecule has 1 heterocycles. The Morgan fingerprint density at radius 1 is 0.952 bits per heavy atom. The zero-order valence-corrected chi connectivity index (χ0v) is 26.9. The lowest BCUT2D eigenvalue weighted by Gasteiger charge is -2.43. The van der Waals surface area contributed by atoms with Crippen molar-refractivity contribution in [3.05, 3.63) is 90.5 Å². The van der Waals surface area contributed by atoms with Gasteiger partial charge in [-0.3, -0.25) is 4.99 Å². The second-order valence-electron chi connectivity index (χ2n) is 12.4. The predicted octanol–water partition coefficient (Wildman–Crippen LogP) is 5.28. The molecule has 3 aromatic carbocycles. The summed E-state index contributed by atoms with van der Waals surface area (Å²) in [7, 11) is -6.56. The molecule has 0 saturated heterocycles. The number of nitrogens with zero attached hydrogens (tertiary/aromatic N) is 3. The molecule has 3 aromatic rings. The molecule has 1 fully saturated rings. The molecule has 1 aliphatic carbocycles. The zero-order valence-electron chi connectivity index (χ0n) is 25.1. The summed E-state index contributed by atoms with van der Waals surface area (Å²) in [4.78, 5) is 4.63. The molecule has 0 bridgehead atoms. The minimum atomic E-state index is -3.85. The molecular formula is C33H42N4O3SSi. The molecule has 222 valence electrons. The second-order valence-corrected chi connectivity index (χ2v) is 18.4. The topological polar surface area (TPSA) is 83.4 Å². The molecule has 1 spiro atoms. The third-order valence-electron chi connectivity index (χ3n) is 8.42. The van der Waals surface area contributed by atoms with Gasteiger partial charge in [-0.2, -0.15) is 5.10 Å². The van der Waals surface area contributed by atoms with Gasteiger partial charge in [0.15, 0.2) is 0 Å².